The van der Waals surface area contributed by atoms with Crippen molar-refractivity contribution in [2.24, 2.45) is 0 Å². The Balaban J connectivity index is 2.39. The van der Waals surface area contributed by atoms with Crippen molar-refractivity contribution in [2.45, 2.75) is 26.4 Å². The molecular formula is C21H24F3N3O4S. The van der Waals surface area contributed by atoms with E-state index in [-0.39, 0.29) is 12.2 Å². The monoisotopic (exact) mass is 471 g/mol. The molecule has 0 bridgehead atoms. The average Bonchev–Trinajstić information content (AvgIpc) is 2.72. The lowest BCUT2D eigenvalue weighted by molar-refractivity contribution is -0.139. The van der Waals surface area contributed by atoms with E-state index in [0.717, 1.165) is 23.3 Å². The molecule has 0 heterocycles. The molecule has 2 aromatic rings. The molecule has 0 aliphatic carbocycles. The Morgan fingerprint density at radius 2 is 1.66 bits per heavy atom. The topological polar surface area (TPSA) is 86.8 Å². The van der Waals surface area contributed by atoms with Crippen LogP contribution in [-0.4, -0.2) is 50.5 Å². The van der Waals surface area contributed by atoms with Gasteiger partial charge >= 0.3 is 0 Å². The minimum atomic E-state index is -4.06. The molecule has 0 aliphatic rings. The third-order valence-corrected chi connectivity index (χ3v) is 5.80. The minimum Gasteiger partial charge on any atom is -0.355 e. The largest absolute Gasteiger partial charge is 0.355 e. The summed E-state index contributed by atoms with van der Waals surface area (Å²) in [7, 11) is -4.06. The fourth-order valence-electron chi connectivity index (χ4n) is 2.94. The summed E-state index contributed by atoms with van der Waals surface area (Å²) in [6.07, 6.45) is 0.819. The zero-order chi connectivity index (χ0) is 24.1. The number of nitrogens with zero attached hydrogens (tertiary/aromatic N) is 2. The number of carbonyl (C=O) groups excluding carboxylic acids is 2. The van der Waals surface area contributed by atoms with E-state index in [1.54, 1.807) is 6.92 Å². The number of amides is 2. The minimum absolute atomic E-state index is 0.104. The summed E-state index contributed by atoms with van der Waals surface area (Å²) in [5, 5.41) is 2.59. The molecule has 0 aromatic heterocycles. The Morgan fingerprint density at radius 1 is 1.03 bits per heavy atom. The molecule has 2 aromatic carbocycles. The van der Waals surface area contributed by atoms with Gasteiger partial charge < -0.3 is 10.2 Å². The zero-order valence-corrected chi connectivity index (χ0v) is 18.6. The maximum atomic E-state index is 13.7. The van der Waals surface area contributed by atoms with Crippen LogP contribution in [0, 0.1) is 17.5 Å². The molecule has 7 nitrogen and oxygen atoms in total. The number of nitrogens with one attached hydrogen (secondary N) is 1. The first-order chi connectivity index (χ1) is 14.9. The molecule has 0 spiro atoms. The van der Waals surface area contributed by atoms with Crippen LogP contribution in [0.1, 0.15) is 19.4 Å². The Bertz CT molecular complexity index is 1080. The first-order valence-electron chi connectivity index (χ1n) is 9.68. The van der Waals surface area contributed by atoms with Gasteiger partial charge in [-0.05, 0) is 43.7 Å². The standard InChI is InChI=1S/C21H24F3N3O4S/c1-4-25-21(29)14(2)26(12-15-5-7-16(22)8-6-15)20(28)13-27(32(3,30)31)17-9-10-18(23)19(24)11-17/h5-11,14H,4,12-13H2,1-3H3,(H,25,29)/t14-/m1/s1. The SMILES string of the molecule is CCNC(=O)[C@@H](C)N(Cc1ccc(F)cc1)C(=O)CN(c1ccc(F)c(F)c1)S(C)(=O)=O. The number of rotatable bonds is 9. The Labute approximate surface area is 184 Å². The maximum Gasteiger partial charge on any atom is 0.244 e. The van der Waals surface area contributed by atoms with E-state index in [0.29, 0.717) is 22.5 Å². The number of hydrogen-bond donors (Lipinski definition) is 1. The third-order valence-electron chi connectivity index (χ3n) is 4.65. The highest BCUT2D eigenvalue weighted by Crippen LogP contribution is 2.21. The van der Waals surface area contributed by atoms with E-state index in [1.807, 2.05) is 0 Å². The Kier molecular flexibility index (Phi) is 8.25. The molecule has 1 N–H and O–H groups in total. The van der Waals surface area contributed by atoms with Crippen LogP contribution in [0.3, 0.4) is 0 Å². The molecular weight excluding hydrogens is 447 g/mol. The molecule has 11 heteroatoms. The number of likely N-dealkylation sites (N-methyl/N-ethyl adjacent to an activating group) is 1. The molecule has 0 saturated carbocycles. The molecule has 174 valence electrons. The van der Waals surface area contributed by atoms with Crippen LogP contribution < -0.4 is 9.62 Å². The molecule has 0 aliphatic heterocycles. The summed E-state index contributed by atoms with van der Waals surface area (Å²) in [6, 6.07) is 6.72. The second kappa shape index (κ2) is 10.5. The summed E-state index contributed by atoms with van der Waals surface area (Å²) in [4.78, 5) is 26.7. The summed E-state index contributed by atoms with van der Waals surface area (Å²) in [5.74, 6) is -4.16. The van der Waals surface area contributed by atoms with Crippen LogP contribution in [0.15, 0.2) is 42.5 Å². The van der Waals surface area contributed by atoms with Gasteiger partial charge in [0.05, 0.1) is 11.9 Å². The van der Waals surface area contributed by atoms with E-state index in [4.69, 9.17) is 0 Å². The van der Waals surface area contributed by atoms with Gasteiger partial charge in [0.2, 0.25) is 21.8 Å². The van der Waals surface area contributed by atoms with E-state index >= 15 is 0 Å². The molecule has 2 rings (SSSR count). The van der Waals surface area contributed by atoms with Crippen LogP contribution in [0.4, 0.5) is 18.9 Å². The normalized spacial score (nSPS) is 12.2. The fourth-order valence-corrected chi connectivity index (χ4v) is 3.79. The van der Waals surface area contributed by atoms with Crippen molar-refractivity contribution in [3.05, 3.63) is 65.5 Å². The number of carbonyl (C=O) groups is 2. The predicted octanol–water partition coefficient (Wildman–Crippen LogP) is 2.42. The van der Waals surface area contributed by atoms with E-state index < -0.39 is 51.9 Å². The van der Waals surface area contributed by atoms with Crippen LogP contribution >= 0.6 is 0 Å². The van der Waals surface area contributed by atoms with Gasteiger partial charge in [-0.3, -0.25) is 13.9 Å². The Morgan fingerprint density at radius 3 is 2.19 bits per heavy atom. The van der Waals surface area contributed by atoms with E-state index in [9.17, 15) is 31.2 Å². The highest BCUT2D eigenvalue weighted by atomic mass is 32.2. The van der Waals surface area contributed by atoms with Gasteiger partial charge in [-0.1, -0.05) is 12.1 Å². The van der Waals surface area contributed by atoms with E-state index in [2.05, 4.69) is 5.32 Å². The van der Waals surface area contributed by atoms with E-state index in [1.165, 1.54) is 31.2 Å². The van der Waals surface area contributed by atoms with Crippen molar-refractivity contribution in [2.75, 3.05) is 23.7 Å². The van der Waals surface area contributed by atoms with Crippen LogP contribution in [0.25, 0.3) is 0 Å². The first kappa shape index (κ1) is 25.2. The lowest BCUT2D eigenvalue weighted by Gasteiger charge is -2.31. The van der Waals surface area contributed by atoms with Crippen LogP contribution in [0.2, 0.25) is 0 Å². The van der Waals surface area contributed by atoms with Gasteiger partial charge in [-0.25, -0.2) is 21.6 Å². The molecule has 0 saturated heterocycles. The van der Waals surface area contributed by atoms with Crippen molar-refractivity contribution in [3.63, 3.8) is 0 Å². The summed E-state index contributed by atoms with van der Waals surface area (Å²) >= 11 is 0. The van der Waals surface area contributed by atoms with Crippen molar-refractivity contribution in [1.82, 2.24) is 10.2 Å². The molecule has 0 radical (unpaired) electrons. The molecule has 1 atom stereocenters. The van der Waals surface area contributed by atoms with Crippen molar-refractivity contribution < 1.29 is 31.2 Å². The second-order valence-corrected chi connectivity index (χ2v) is 8.99. The first-order valence-corrected chi connectivity index (χ1v) is 11.5. The van der Waals surface area contributed by atoms with Crippen molar-refractivity contribution in [1.29, 1.82) is 0 Å². The van der Waals surface area contributed by atoms with Gasteiger partial charge in [0.1, 0.15) is 18.4 Å². The van der Waals surface area contributed by atoms with Crippen LogP contribution in [-0.2, 0) is 26.2 Å². The number of hydrogen-bond acceptors (Lipinski definition) is 4. The lowest BCUT2D eigenvalue weighted by Crippen LogP contribution is -2.51. The van der Waals surface area contributed by atoms with Gasteiger partial charge in [0.15, 0.2) is 11.6 Å². The van der Waals surface area contributed by atoms with Crippen molar-refractivity contribution >= 4 is 27.5 Å². The van der Waals surface area contributed by atoms with Gasteiger partial charge in [-0.15, -0.1) is 0 Å². The number of benzene rings is 2. The summed E-state index contributed by atoms with van der Waals surface area (Å²) < 4.78 is 65.5. The fraction of sp³-hybridized carbons (Fsp3) is 0.333. The summed E-state index contributed by atoms with van der Waals surface area (Å²) in [6.45, 7) is 2.62. The second-order valence-electron chi connectivity index (χ2n) is 7.09. The highest BCUT2D eigenvalue weighted by molar-refractivity contribution is 7.92. The Hall–Kier alpha value is -3.08. The quantitative estimate of drug-likeness (QED) is 0.609. The number of halogens is 3. The lowest BCUT2D eigenvalue weighted by atomic mass is 10.1. The maximum absolute atomic E-state index is 13.7. The molecule has 32 heavy (non-hydrogen) atoms. The molecule has 2 amide bonds. The highest BCUT2D eigenvalue weighted by Gasteiger charge is 2.30. The van der Waals surface area contributed by atoms with Gasteiger partial charge in [-0.2, -0.15) is 0 Å². The zero-order valence-electron chi connectivity index (χ0n) is 17.8. The number of sulfonamides is 1. The van der Waals surface area contributed by atoms with Gasteiger partial charge in [0, 0.05) is 19.2 Å². The smallest absolute Gasteiger partial charge is 0.244 e. The average molecular weight is 472 g/mol. The van der Waals surface area contributed by atoms with Gasteiger partial charge in [0.25, 0.3) is 0 Å². The van der Waals surface area contributed by atoms with Crippen molar-refractivity contribution in [3.8, 4) is 0 Å². The molecule has 0 fully saturated rings. The number of anilines is 1. The predicted molar refractivity (Wildman–Crippen MR) is 114 cm³/mol. The van der Waals surface area contributed by atoms with Crippen LogP contribution in [0.5, 0.6) is 0 Å². The summed E-state index contributed by atoms with van der Waals surface area (Å²) in [5.41, 5.74) is 0.266. The molecule has 0 unspecified atom stereocenters. The third kappa shape index (κ3) is 6.46.